The molecular weight excluding hydrogens is 468 g/mol. The molecule has 190 valence electrons. The predicted octanol–water partition coefficient (Wildman–Crippen LogP) is 5.63. The van der Waals surface area contributed by atoms with Crippen LogP contribution in [0, 0.1) is 0 Å². The Morgan fingerprint density at radius 2 is 1.49 bits per heavy atom. The van der Waals surface area contributed by atoms with Crippen LogP contribution in [0.2, 0.25) is 24.7 Å². The number of hydrogen-bond acceptors (Lipinski definition) is 4. The van der Waals surface area contributed by atoms with Crippen LogP contribution >= 0.6 is 0 Å². The first-order valence-electron chi connectivity index (χ1n) is 13.0. The van der Waals surface area contributed by atoms with Crippen LogP contribution in [-0.4, -0.2) is 48.2 Å². The standard InChI is InChI=1S/C29H42O4Si2/c1-29(2,3)35(23-14-9-7-10-15-23,24-16-11-8-12-17-24)31-22-28-27(33-34(4,5)6)20-19-25-26(32-28)18-13-21-30-25/h7-12,14-17,20,25-26,28H,13,18-19,21-22H2,1-6H3/t25-,26+,28-/m1/s1. The Bertz CT molecular complexity index is 940. The van der Waals surface area contributed by atoms with Crippen LogP contribution in [0.1, 0.15) is 40.0 Å². The monoisotopic (exact) mass is 510 g/mol. The van der Waals surface area contributed by atoms with Gasteiger partial charge in [0.15, 0.2) is 0 Å². The summed E-state index contributed by atoms with van der Waals surface area (Å²) in [4.78, 5) is 0. The highest BCUT2D eigenvalue weighted by Gasteiger charge is 2.51. The zero-order valence-corrected chi connectivity index (χ0v) is 24.3. The molecule has 0 saturated carbocycles. The minimum Gasteiger partial charge on any atom is -0.546 e. The summed E-state index contributed by atoms with van der Waals surface area (Å²) in [6.45, 7) is 14.9. The maximum absolute atomic E-state index is 7.25. The molecule has 4 rings (SSSR count). The first kappa shape index (κ1) is 26.4. The number of rotatable bonds is 7. The molecule has 0 amide bonds. The van der Waals surface area contributed by atoms with E-state index in [-0.39, 0.29) is 23.4 Å². The average molecular weight is 511 g/mol. The Hall–Kier alpha value is -1.71. The van der Waals surface area contributed by atoms with Gasteiger partial charge in [-0.3, -0.25) is 0 Å². The number of benzene rings is 2. The van der Waals surface area contributed by atoms with Crippen molar-refractivity contribution in [1.29, 1.82) is 0 Å². The molecule has 2 aliphatic heterocycles. The van der Waals surface area contributed by atoms with Crippen LogP contribution in [0.25, 0.3) is 0 Å². The zero-order valence-electron chi connectivity index (χ0n) is 22.3. The lowest BCUT2D eigenvalue weighted by atomic mass is 10.0. The van der Waals surface area contributed by atoms with Crippen molar-refractivity contribution in [2.24, 2.45) is 0 Å². The van der Waals surface area contributed by atoms with Gasteiger partial charge in [-0.2, -0.15) is 0 Å². The van der Waals surface area contributed by atoms with E-state index in [9.17, 15) is 0 Å². The maximum atomic E-state index is 7.25. The third-order valence-electron chi connectivity index (χ3n) is 6.88. The van der Waals surface area contributed by atoms with E-state index in [1.807, 2.05) is 0 Å². The van der Waals surface area contributed by atoms with Crippen LogP contribution in [0.4, 0.5) is 0 Å². The van der Waals surface area contributed by atoms with E-state index in [1.54, 1.807) is 0 Å². The van der Waals surface area contributed by atoms with E-state index in [0.717, 1.165) is 31.6 Å². The van der Waals surface area contributed by atoms with E-state index in [0.29, 0.717) is 6.61 Å². The summed E-state index contributed by atoms with van der Waals surface area (Å²) in [6.07, 6.45) is 5.05. The lowest BCUT2D eigenvalue weighted by Gasteiger charge is -2.44. The van der Waals surface area contributed by atoms with Gasteiger partial charge in [-0.25, -0.2) is 0 Å². The molecule has 6 heteroatoms. The molecule has 2 aliphatic rings. The van der Waals surface area contributed by atoms with E-state index in [4.69, 9.17) is 18.3 Å². The fourth-order valence-electron chi connectivity index (χ4n) is 5.37. The van der Waals surface area contributed by atoms with Gasteiger partial charge in [0.05, 0.1) is 18.8 Å². The van der Waals surface area contributed by atoms with E-state index in [1.165, 1.54) is 10.4 Å². The first-order valence-corrected chi connectivity index (χ1v) is 18.3. The summed E-state index contributed by atoms with van der Waals surface area (Å²) in [6, 6.07) is 21.6. The summed E-state index contributed by atoms with van der Waals surface area (Å²) in [5.41, 5.74) is 0. The van der Waals surface area contributed by atoms with Crippen molar-refractivity contribution < 1.29 is 18.3 Å². The van der Waals surface area contributed by atoms with Gasteiger partial charge < -0.3 is 18.3 Å². The number of ether oxygens (including phenoxy) is 2. The SMILES string of the molecule is CC(C)(C)[Si](OC[C@H]1O[C@H]2CCCO[C@@H]2CC=C1O[Si](C)(C)C)(c1ccccc1)c1ccccc1. The van der Waals surface area contributed by atoms with Crippen molar-refractivity contribution in [2.45, 2.75) is 83.0 Å². The summed E-state index contributed by atoms with van der Waals surface area (Å²) in [7, 11) is -4.49. The Kier molecular flexibility index (Phi) is 8.08. The van der Waals surface area contributed by atoms with Crippen LogP contribution in [0.3, 0.4) is 0 Å². The highest BCUT2D eigenvalue weighted by Crippen LogP contribution is 2.38. The van der Waals surface area contributed by atoms with Gasteiger partial charge in [0.25, 0.3) is 8.32 Å². The molecule has 0 aliphatic carbocycles. The quantitative estimate of drug-likeness (QED) is 0.452. The Morgan fingerprint density at radius 1 is 0.886 bits per heavy atom. The molecule has 2 heterocycles. The van der Waals surface area contributed by atoms with Gasteiger partial charge in [-0.1, -0.05) is 81.4 Å². The Labute approximate surface area is 213 Å². The second-order valence-corrected chi connectivity index (χ2v) is 20.5. The maximum Gasteiger partial charge on any atom is 0.261 e. The van der Waals surface area contributed by atoms with Crippen LogP contribution in [0.15, 0.2) is 72.5 Å². The van der Waals surface area contributed by atoms with Crippen molar-refractivity contribution in [3.8, 4) is 0 Å². The topological polar surface area (TPSA) is 36.9 Å². The lowest BCUT2D eigenvalue weighted by molar-refractivity contribution is -0.126. The summed E-state index contributed by atoms with van der Waals surface area (Å²) in [5, 5.41) is 2.48. The molecule has 1 saturated heterocycles. The van der Waals surface area contributed by atoms with Gasteiger partial charge in [-0.15, -0.1) is 0 Å². The molecular formula is C29H42O4Si2. The third-order valence-corrected chi connectivity index (χ3v) is 12.7. The molecule has 0 spiro atoms. The minimum atomic E-state index is -2.66. The normalized spacial score (nSPS) is 23.7. The number of fused-ring (bicyclic) bond motifs is 1. The Balaban J connectivity index is 1.72. The average Bonchev–Trinajstić information content (AvgIpc) is 2.98. The van der Waals surface area contributed by atoms with Crippen molar-refractivity contribution in [1.82, 2.24) is 0 Å². The van der Waals surface area contributed by atoms with Crippen molar-refractivity contribution in [3.05, 3.63) is 72.5 Å². The predicted molar refractivity (Wildman–Crippen MR) is 148 cm³/mol. The molecule has 4 nitrogen and oxygen atoms in total. The van der Waals surface area contributed by atoms with E-state index >= 15 is 0 Å². The van der Waals surface area contributed by atoms with Gasteiger partial charge in [0, 0.05) is 6.61 Å². The van der Waals surface area contributed by atoms with Gasteiger partial charge in [-0.05, 0) is 60.4 Å². The van der Waals surface area contributed by atoms with Gasteiger partial charge in [0.2, 0.25) is 8.32 Å². The van der Waals surface area contributed by atoms with Crippen molar-refractivity contribution in [2.75, 3.05) is 13.2 Å². The molecule has 3 atom stereocenters. The molecule has 0 bridgehead atoms. The lowest BCUT2D eigenvalue weighted by Crippen LogP contribution is -2.67. The second-order valence-electron chi connectivity index (χ2n) is 11.7. The van der Waals surface area contributed by atoms with E-state index < -0.39 is 16.6 Å². The van der Waals surface area contributed by atoms with Gasteiger partial charge >= 0.3 is 0 Å². The van der Waals surface area contributed by atoms with Gasteiger partial charge in [0.1, 0.15) is 11.9 Å². The summed E-state index contributed by atoms with van der Waals surface area (Å²) in [5.74, 6) is 0.931. The summed E-state index contributed by atoms with van der Waals surface area (Å²) >= 11 is 0. The fraction of sp³-hybridized carbons (Fsp3) is 0.517. The zero-order chi connectivity index (χ0) is 25.1. The smallest absolute Gasteiger partial charge is 0.261 e. The largest absolute Gasteiger partial charge is 0.546 e. The second kappa shape index (κ2) is 10.7. The van der Waals surface area contributed by atoms with Crippen molar-refractivity contribution >= 4 is 27.0 Å². The molecule has 2 aromatic carbocycles. The van der Waals surface area contributed by atoms with Crippen LogP contribution < -0.4 is 10.4 Å². The third kappa shape index (κ3) is 6.00. The molecule has 0 aromatic heterocycles. The van der Waals surface area contributed by atoms with Crippen molar-refractivity contribution in [3.63, 3.8) is 0 Å². The number of hydrogen-bond donors (Lipinski definition) is 0. The molecule has 35 heavy (non-hydrogen) atoms. The summed E-state index contributed by atoms with van der Waals surface area (Å²) < 4.78 is 26.7. The van der Waals surface area contributed by atoms with E-state index in [2.05, 4.69) is 107 Å². The molecule has 0 radical (unpaired) electrons. The molecule has 0 unspecified atom stereocenters. The Morgan fingerprint density at radius 3 is 2.03 bits per heavy atom. The van der Waals surface area contributed by atoms with Crippen LogP contribution in [0.5, 0.6) is 0 Å². The highest BCUT2D eigenvalue weighted by atomic mass is 28.4. The minimum absolute atomic E-state index is 0.0792. The van der Waals surface area contributed by atoms with Crippen LogP contribution in [-0.2, 0) is 18.3 Å². The molecule has 1 fully saturated rings. The molecule has 2 aromatic rings. The fourth-order valence-corrected chi connectivity index (χ4v) is 10.9. The first-order chi connectivity index (χ1) is 16.6. The highest BCUT2D eigenvalue weighted by molar-refractivity contribution is 6.99. The molecule has 0 N–H and O–H groups in total.